The molecule has 37 heavy (non-hydrogen) atoms. The molecule has 4 aromatic heterocycles. The van der Waals surface area contributed by atoms with Gasteiger partial charge in [0.25, 0.3) is 0 Å². The van der Waals surface area contributed by atoms with Gasteiger partial charge in [0.1, 0.15) is 28.5 Å². The zero-order valence-corrected chi connectivity index (χ0v) is 18.9. The lowest BCUT2D eigenvalue weighted by Crippen LogP contribution is -2.24. The van der Waals surface area contributed by atoms with Gasteiger partial charge in [-0.25, -0.2) is 19.9 Å². The van der Waals surface area contributed by atoms with Gasteiger partial charge in [0.2, 0.25) is 0 Å². The summed E-state index contributed by atoms with van der Waals surface area (Å²) < 4.78 is 79.8. The van der Waals surface area contributed by atoms with Crippen molar-refractivity contribution in [3.63, 3.8) is 0 Å². The summed E-state index contributed by atoms with van der Waals surface area (Å²) in [6, 6.07) is 3.70. The maximum absolute atomic E-state index is 13.8. The Labute approximate surface area is 205 Å². The second-order valence-electron chi connectivity index (χ2n) is 7.76. The Morgan fingerprint density at radius 2 is 1.70 bits per heavy atom. The van der Waals surface area contributed by atoms with Crippen LogP contribution >= 0.6 is 0 Å². The minimum Gasteiger partial charge on any atom is -0.394 e. The van der Waals surface area contributed by atoms with Crippen molar-refractivity contribution in [2.45, 2.75) is 31.7 Å². The Morgan fingerprint density at radius 3 is 2.32 bits per heavy atom. The number of pyridine rings is 2. The van der Waals surface area contributed by atoms with E-state index in [-0.39, 0.29) is 40.8 Å². The zero-order valence-electron chi connectivity index (χ0n) is 18.9. The zero-order chi connectivity index (χ0) is 26.8. The molecule has 0 fully saturated rings. The first-order chi connectivity index (χ1) is 17.5. The molecule has 0 aliphatic rings. The van der Waals surface area contributed by atoms with Crippen molar-refractivity contribution in [3.8, 4) is 11.4 Å². The van der Waals surface area contributed by atoms with Gasteiger partial charge in [0.15, 0.2) is 5.65 Å². The van der Waals surface area contributed by atoms with E-state index < -0.39 is 35.2 Å². The number of aliphatic hydroxyl groups is 1. The number of hydrogen-bond acceptors (Lipinski definition) is 9. The van der Waals surface area contributed by atoms with E-state index in [4.69, 9.17) is 0 Å². The summed E-state index contributed by atoms with van der Waals surface area (Å²) >= 11 is 0. The van der Waals surface area contributed by atoms with Crippen LogP contribution < -0.4 is 10.6 Å². The summed E-state index contributed by atoms with van der Waals surface area (Å²) in [6.07, 6.45) is -5.87. The number of hydrogen-bond donors (Lipinski definition) is 3. The monoisotopic (exact) mass is 524 g/mol. The number of fused-ring (bicyclic) bond motifs is 1. The van der Waals surface area contributed by atoms with Crippen LogP contribution in [-0.4, -0.2) is 47.9 Å². The first-order valence-corrected chi connectivity index (χ1v) is 10.7. The molecule has 0 bridgehead atoms. The maximum Gasteiger partial charge on any atom is 0.418 e. The maximum atomic E-state index is 13.8. The lowest BCUT2D eigenvalue weighted by molar-refractivity contribution is -0.138. The lowest BCUT2D eigenvalue weighted by atomic mass is 10.1. The van der Waals surface area contributed by atoms with Gasteiger partial charge >= 0.3 is 12.4 Å². The fourth-order valence-corrected chi connectivity index (χ4v) is 3.26. The van der Waals surface area contributed by atoms with E-state index in [1.807, 2.05) is 0 Å². The molecule has 0 amide bonds. The lowest BCUT2D eigenvalue weighted by Gasteiger charge is -2.17. The van der Waals surface area contributed by atoms with Crippen molar-refractivity contribution in [1.29, 1.82) is 0 Å². The minimum absolute atomic E-state index is 0.0436. The van der Waals surface area contributed by atoms with Crippen LogP contribution in [-0.2, 0) is 12.4 Å². The summed E-state index contributed by atoms with van der Waals surface area (Å²) in [7, 11) is 0. The minimum atomic E-state index is -4.80. The standard InChI is InChI=1S/C22H18F6N8O/c1-2-12(10-37)32-17-7-13(22(26,27)28)18(36-35-17)15-9-31-19-14(5-6-29-20(19)34-15)33-16-4-3-11(8-30-16)21(23,24)25/h3-9,12,37H,2,10H2,1H3,(H,32,35)(H,29,30,33,34). The summed E-state index contributed by atoms with van der Waals surface area (Å²) in [5.41, 5.74) is -2.49. The van der Waals surface area contributed by atoms with E-state index in [0.717, 1.165) is 24.4 Å². The highest BCUT2D eigenvalue weighted by molar-refractivity contribution is 5.87. The molecule has 4 heterocycles. The fourth-order valence-electron chi connectivity index (χ4n) is 3.26. The molecule has 3 N–H and O–H groups in total. The van der Waals surface area contributed by atoms with Gasteiger partial charge in [-0.3, -0.25) is 0 Å². The van der Waals surface area contributed by atoms with E-state index in [2.05, 4.69) is 40.8 Å². The Hall–Kier alpha value is -4.14. The molecule has 0 aliphatic heterocycles. The highest BCUT2D eigenvalue weighted by atomic mass is 19.4. The summed E-state index contributed by atoms with van der Waals surface area (Å²) in [4.78, 5) is 16.1. The number of aromatic nitrogens is 6. The fraction of sp³-hybridized carbons (Fsp3) is 0.273. The largest absolute Gasteiger partial charge is 0.418 e. The van der Waals surface area contributed by atoms with Crippen molar-refractivity contribution < 1.29 is 31.4 Å². The topological polar surface area (TPSA) is 122 Å². The first kappa shape index (κ1) is 25.9. The molecular weight excluding hydrogens is 506 g/mol. The molecule has 0 spiro atoms. The molecule has 9 nitrogen and oxygen atoms in total. The van der Waals surface area contributed by atoms with E-state index in [0.29, 0.717) is 12.6 Å². The SMILES string of the molecule is CCC(CO)Nc1cc(C(F)(F)F)c(-c2cnc3c(Nc4ccc(C(F)(F)F)cn4)ccnc3n2)nn1. The summed E-state index contributed by atoms with van der Waals surface area (Å²) in [5.74, 6) is -0.0904. The molecule has 4 aromatic rings. The summed E-state index contributed by atoms with van der Waals surface area (Å²) in [5, 5.41) is 22.3. The Balaban J connectivity index is 1.68. The number of aliphatic hydroxyl groups excluding tert-OH is 1. The molecule has 194 valence electrons. The molecule has 0 saturated heterocycles. The average Bonchev–Trinajstić information content (AvgIpc) is 2.86. The van der Waals surface area contributed by atoms with Crippen LogP contribution in [0.5, 0.6) is 0 Å². The molecule has 1 unspecified atom stereocenters. The third-order valence-corrected chi connectivity index (χ3v) is 5.21. The Morgan fingerprint density at radius 1 is 0.919 bits per heavy atom. The smallest absolute Gasteiger partial charge is 0.394 e. The second kappa shape index (κ2) is 10.1. The van der Waals surface area contributed by atoms with Crippen molar-refractivity contribution in [3.05, 3.63) is 54.0 Å². The van der Waals surface area contributed by atoms with Gasteiger partial charge in [-0.1, -0.05) is 6.92 Å². The number of alkyl halides is 6. The van der Waals surface area contributed by atoms with Crippen molar-refractivity contribution >= 4 is 28.5 Å². The van der Waals surface area contributed by atoms with Crippen molar-refractivity contribution in [2.24, 2.45) is 0 Å². The number of anilines is 3. The van der Waals surface area contributed by atoms with Crippen LogP contribution in [0.1, 0.15) is 24.5 Å². The van der Waals surface area contributed by atoms with Gasteiger partial charge < -0.3 is 15.7 Å². The van der Waals surface area contributed by atoms with E-state index in [1.165, 1.54) is 12.3 Å². The van der Waals surface area contributed by atoms with E-state index in [9.17, 15) is 31.4 Å². The molecule has 15 heteroatoms. The van der Waals surface area contributed by atoms with Gasteiger partial charge in [0.05, 0.1) is 35.7 Å². The van der Waals surface area contributed by atoms with Crippen molar-refractivity contribution in [1.82, 2.24) is 30.1 Å². The van der Waals surface area contributed by atoms with Gasteiger partial charge in [-0.15, -0.1) is 10.2 Å². The van der Waals surface area contributed by atoms with Crippen LogP contribution in [0, 0.1) is 0 Å². The highest BCUT2D eigenvalue weighted by Gasteiger charge is 2.36. The molecule has 0 saturated carbocycles. The second-order valence-corrected chi connectivity index (χ2v) is 7.76. The van der Waals surface area contributed by atoms with Gasteiger partial charge in [-0.05, 0) is 30.7 Å². The molecule has 1 atom stereocenters. The van der Waals surface area contributed by atoms with Gasteiger partial charge in [-0.2, -0.15) is 26.3 Å². The van der Waals surface area contributed by atoms with Crippen LogP contribution in [0.15, 0.2) is 42.9 Å². The predicted octanol–water partition coefficient (Wildman–Crippen LogP) is 4.84. The molecular formula is C22H18F6N8O. The van der Waals surface area contributed by atoms with Crippen molar-refractivity contribution in [2.75, 3.05) is 17.2 Å². The van der Waals surface area contributed by atoms with Crippen LogP contribution in [0.4, 0.5) is 43.7 Å². The van der Waals surface area contributed by atoms with Crippen LogP contribution in [0.3, 0.4) is 0 Å². The first-order valence-electron chi connectivity index (χ1n) is 10.7. The quantitative estimate of drug-likeness (QED) is 0.292. The average molecular weight is 524 g/mol. The normalized spacial score (nSPS) is 13.0. The van der Waals surface area contributed by atoms with E-state index in [1.54, 1.807) is 6.92 Å². The number of rotatable bonds is 7. The Kier molecular flexibility index (Phi) is 7.07. The van der Waals surface area contributed by atoms with Crippen LogP contribution in [0.2, 0.25) is 0 Å². The molecule has 0 aliphatic carbocycles. The van der Waals surface area contributed by atoms with E-state index >= 15 is 0 Å². The number of nitrogens with one attached hydrogen (secondary N) is 2. The summed E-state index contributed by atoms with van der Waals surface area (Å²) in [6.45, 7) is 1.44. The molecule has 4 rings (SSSR count). The van der Waals surface area contributed by atoms with Gasteiger partial charge in [0, 0.05) is 12.4 Å². The third kappa shape index (κ3) is 5.82. The third-order valence-electron chi connectivity index (χ3n) is 5.21. The van der Waals surface area contributed by atoms with Crippen LogP contribution in [0.25, 0.3) is 22.6 Å². The Bertz CT molecular complexity index is 1390. The number of nitrogens with zero attached hydrogens (tertiary/aromatic N) is 6. The number of halogens is 6. The molecule has 0 radical (unpaired) electrons. The molecule has 0 aromatic carbocycles. The predicted molar refractivity (Wildman–Crippen MR) is 121 cm³/mol. The highest BCUT2D eigenvalue weighted by Crippen LogP contribution is 2.37.